The molecule has 2 N–H and O–H groups in total. The number of aryl methyl sites for hydroxylation is 1. The van der Waals surface area contributed by atoms with Crippen molar-refractivity contribution >= 4 is 23.4 Å². The third-order valence-electron chi connectivity index (χ3n) is 2.49. The first-order valence-electron chi connectivity index (χ1n) is 4.84. The van der Waals surface area contributed by atoms with Gasteiger partial charge in [-0.25, -0.2) is 0 Å². The van der Waals surface area contributed by atoms with Gasteiger partial charge in [0.1, 0.15) is 0 Å². The van der Waals surface area contributed by atoms with Crippen LogP contribution in [0.1, 0.15) is 23.4 Å². The zero-order valence-corrected chi connectivity index (χ0v) is 9.74. The van der Waals surface area contributed by atoms with Crippen LogP contribution in [0.4, 0.5) is 0 Å². The van der Waals surface area contributed by atoms with Crippen LogP contribution >= 0.6 is 23.4 Å². The van der Waals surface area contributed by atoms with Gasteiger partial charge in [-0.2, -0.15) is 0 Å². The number of thioether (sulfide) groups is 1. The van der Waals surface area contributed by atoms with E-state index in [2.05, 4.69) is 18.2 Å². The van der Waals surface area contributed by atoms with Gasteiger partial charge in [-0.1, -0.05) is 12.1 Å². The molecular formula is C11H14ClNS. The minimum absolute atomic E-state index is 0.00349. The Morgan fingerprint density at radius 3 is 3.00 bits per heavy atom. The van der Waals surface area contributed by atoms with E-state index < -0.39 is 0 Å². The lowest BCUT2D eigenvalue weighted by atomic mass is 10.0. The van der Waals surface area contributed by atoms with E-state index in [0.29, 0.717) is 0 Å². The van der Waals surface area contributed by atoms with Gasteiger partial charge in [0.05, 0.1) is 5.38 Å². The molecule has 0 fully saturated rings. The maximum absolute atomic E-state index is 6.21. The summed E-state index contributed by atoms with van der Waals surface area (Å²) in [7, 11) is 0. The summed E-state index contributed by atoms with van der Waals surface area (Å²) in [5, 5.41) is -0.0640. The Balaban J connectivity index is 2.28. The van der Waals surface area contributed by atoms with Crippen LogP contribution in [0.2, 0.25) is 0 Å². The topological polar surface area (TPSA) is 26.0 Å². The molecule has 0 saturated carbocycles. The molecule has 0 aromatic heterocycles. The van der Waals surface area contributed by atoms with Gasteiger partial charge in [0.15, 0.2) is 0 Å². The standard InChI is InChI=1S/C11H14ClNS/c1-7(13)11(12)9-2-3-10-8(6-9)4-5-14-10/h2-3,6-7,11H,4-5,13H2,1H3. The maximum Gasteiger partial charge on any atom is 0.0733 e. The van der Waals surface area contributed by atoms with Crippen molar-refractivity contribution in [3.8, 4) is 0 Å². The maximum atomic E-state index is 6.21. The Labute approximate surface area is 94.0 Å². The van der Waals surface area contributed by atoms with E-state index >= 15 is 0 Å². The lowest BCUT2D eigenvalue weighted by Crippen LogP contribution is -2.20. The van der Waals surface area contributed by atoms with Crippen LogP contribution in [0.15, 0.2) is 23.1 Å². The van der Waals surface area contributed by atoms with Crippen molar-refractivity contribution in [2.45, 2.75) is 29.7 Å². The molecule has 1 aromatic rings. The van der Waals surface area contributed by atoms with Crippen molar-refractivity contribution in [2.24, 2.45) is 5.73 Å². The van der Waals surface area contributed by atoms with Crippen LogP contribution in [0.3, 0.4) is 0 Å². The number of nitrogens with two attached hydrogens (primary N) is 1. The zero-order valence-electron chi connectivity index (χ0n) is 8.16. The summed E-state index contributed by atoms with van der Waals surface area (Å²) in [6.45, 7) is 1.94. The minimum Gasteiger partial charge on any atom is -0.326 e. The highest BCUT2D eigenvalue weighted by molar-refractivity contribution is 7.99. The summed E-state index contributed by atoms with van der Waals surface area (Å²) in [4.78, 5) is 1.40. The lowest BCUT2D eigenvalue weighted by Gasteiger charge is -2.14. The number of fused-ring (bicyclic) bond motifs is 1. The first-order chi connectivity index (χ1) is 6.68. The zero-order chi connectivity index (χ0) is 10.1. The Morgan fingerprint density at radius 2 is 2.29 bits per heavy atom. The summed E-state index contributed by atoms with van der Waals surface area (Å²) in [6, 6.07) is 6.47. The molecule has 0 saturated heterocycles. The van der Waals surface area contributed by atoms with E-state index in [9.17, 15) is 0 Å². The molecule has 0 spiro atoms. The molecule has 1 nitrogen and oxygen atoms in total. The third kappa shape index (κ3) is 1.92. The average Bonchev–Trinajstić information content (AvgIpc) is 2.62. The fourth-order valence-electron chi connectivity index (χ4n) is 1.68. The Bertz CT molecular complexity index is 338. The van der Waals surface area contributed by atoms with Gasteiger partial charge in [-0.15, -0.1) is 23.4 Å². The van der Waals surface area contributed by atoms with Gasteiger partial charge in [-0.05, 0) is 30.5 Å². The molecule has 1 heterocycles. The van der Waals surface area contributed by atoms with Gasteiger partial charge in [0.25, 0.3) is 0 Å². The van der Waals surface area contributed by atoms with Crippen molar-refractivity contribution in [1.82, 2.24) is 0 Å². The van der Waals surface area contributed by atoms with E-state index in [1.165, 1.54) is 16.2 Å². The average molecular weight is 228 g/mol. The number of alkyl halides is 1. The molecule has 1 aliphatic rings. The van der Waals surface area contributed by atoms with E-state index in [1.807, 2.05) is 18.7 Å². The Hall–Kier alpha value is -0.180. The molecule has 2 unspecified atom stereocenters. The predicted octanol–water partition coefficient (Wildman–Crippen LogP) is 2.96. The van der Waals surface area contributed by atoms with E-state index in [-0.39, 0.29) is 11.4 Å². The molecule has 0 bridgehead atoms. The third-order valence-corrected chi connectivity index (χ3v) is 4.26. The second-order valence-corrected chi connectivity index (χ2v) is 5.33. The summed E-state index contributed by atoms with van der Waals surface area (Å²) >= 11 is 8.13. The fraction of sp³-hybridized carbons (Fsp3) is 0.455. The summed E-state index contributed by atoms with van der Waals surface area (Å²) in [6.07, 6.45) is 1.16. The van der Waals surface area contributed by atoms with Gasteiger partial charge in [0, 0.05) is 16.7 Å². The molecule has 2 atom stereocenters. The van der Waals surface area contributed by atoms with Crippen molar-refractivity contribution in [3.63, 3.8) is 0 Å². The monoisotopic (exact) mass is 227 g/mol. The Kier molecular flexibility index (Phi) is 3.05. The van der Waals surface area contributed by atoms with Gasteiger partial charge in [-0.3, -0.25) is 0 Å². The first-order valence-corrected chi connectivity index (χ1v) is 6.26. The van der Waals surface area contributed by atoms with E-state index in [1.54, 1.807) is 0 Å². The molecule has 0 amide bonds. The number of hydrogen-bond donors (Lipinski definition) is 1. The second kappa shape index (κ2) is 4.13. The molecule has 76 valence electrons. The SMILES string of the molecule is CC(N)C(Cl)c1ccc2c(c1)CCS2. The normalized spacial score (nSPS) is 19.1. The van der Waals surface area contributed by atoms with Gasteiger partial charge >= 0.3 is 0 Å². The molecule has 14 heavy (non-hydrogen) atoms. The number of benzene rings is 1. The van der Waals surface area contributed by atoms with Crippen LogP contribution in [0, 0.1) is 0 Å². The van der Waals surface area contributed by atoms with Gasteiger partial charge in [0.2, 0.25) is 0 Å². The van der Waals surface area contributed by atoms with Crippen molar-refractivity contribution in [3.05, 3.63) is 29.3 Å². The van der Waals surface area contributed by atoms with Crippen molar-refractivity contribution < 1.29 is 0 Å². The van der Waals surface area contributed by atoms with E-state index in [0.717, 1.165) is 12.0 Å². The lowest BCUT2D eigenvalue weighted by molar-refractivity contribution is 0.712. The van der Waals surface area contributed by atoms with Crippen molar-refractivity contribution in [2.75, 3.05) is 5.75 Å². The van der Waals surface area contributed by atoms with Crippen LogP contribution in [0.5, 0.6) is 0 Å². The summed E-state index contributed by atoms with van der Waals surface area (Å²) in [5.74, 6) is 1.20. The molecular weight excluding hydrogens is 214 g/mol. The first kappa shape index (κ1) is 10.3. The van der Waals surface area contributed by atoms with Gasteiger partial charge < -0.3 is 5.73 Å². The number of hydrogen-bond acceptors (Lipinski definition) is 2. The molecule has 1 aliphatic heterocycles. The molecule has 2 rings (SSSR count). The number of rotatable bonds is 2. The highest BCUT2D eigenvalue weighted by Crippen LogP contribution is 2.34. The summed E-state index contributed by atoms with van der Waals surface area (Å²) < 4.78 is 0. The molecule has 0 radical (unpaired) electrons. The quantitative estimate of drug-likeness (QED) is 0.787. The fourth-order valence-corrected chi connectivity index (χ4v) is 2.87. The van der Waals surface area contributed by atoms with Crippen LogP contribution in [-0.2, 0) is 6.42 Å². The second-order valence-electron chi connectivity index (χ2n) is 3.73. The predicted molar refractivity (Wildman–Crippen MR) is 63.1 cm³/mol. The number of halogens is 1. The van der Waals surface area contributed by atoms with Crippen molar-refractivity contribution in [1.29, 1.82) is 0 Å². The highest BCUT2D eigenvalue weighted by Gasteiger charge is 2.17. The van der Waals surface area contributed by atoms with Crippen LogP contribution < -0.4 is 5.73 Å². The minimum atomic E-state index is -0.0640. The van der Waals surface area contributed by atoms with E-state index in [4.69, 9.17) is 17.3 Å². The van der Waals surface area contributed by atoms with Crippen LogP contribution in [0.25, 0.3) is 0 Å². The Morgan fingerprint density at radius 1 is 1.50 bits per heavy atom. The molecule has 0 aliphatic carbocycles. The largest absolute Gasteiger partial charge is 0.326 e. The smallest absolute Gasteiger partial charge is 0.0733 e. The van der Waals surface area contributed by atoms with Crippen LogP contribution in [-0.4, -0.2) is 11.8 Å². The molecule has 3 heteroatoms. The highest BCUT2D eigenvalue weighted by atomic mass is 35.5. The molecule has 1 aromatic carbocycles. The summed E-state index contributed by atoms with van der Waals surface area (Å²) in [5.41, 5.74) is 8.36.